The Kier molecular flexibility index (Phi) is 4.43. The molecule has 6 nitrogen and oxygen atoms in total. The van der Waals surface area contributed by atoms with Crippen LogP contribution in [-0.2, 0) is 9.53 Å². The van der Waals surface area contributed by atoms with Gasteiger partial charge in [-0.3, -0.25) is 4.79 Å². The van der Waals surface area contributed by atoms with Crippen molar-refractivity contribution in [3.05, 3.63) is 59.2 Å². The van der Waals surface area contributed by atoms with Crippen molar-refractivity contribution in [2.45, 2.75) is 0 Å². The van der Waals surface area contributed by atoms with Crippen molar-refractivity contribution in [1.82, 2.24) is 4.98 Å². The molecule has 1 heterocycles. The summed E-state index contributed by atoms with van der Waals surface area (Å²) in [5, 5.41) is 2.33. The Morgan fingerprint density at radius 3 is 2.88 bits per heavy atom. The molecule has 0 bridgehead atoms. The fourth-order valence-corrected chi connectivity index (χ4v) is 2.15. The number of nitrogens with one attached hydrogen (secondary N) is 1. The lowest BCUT2D eigenvalue weighted by atomic mass is 10.2. The van der Waals surface area contributed by atoms with Crippen molar-refractivity contribution in [1.29, 1.82) is 0 Å². The number of carbonyl (C=O) groups is 2. The van der Waals surface area contributed by atoms with Gasteiger partial charge in [-0.15, -0.1) is 0 Å². The van der Waals surface area contributed by atoms with Crippen LogP contribution in [0.15, 0.2) is 47.2 Å². The van der Waals surface area contributed by atoms with E-state index in [0.717, 1.165) is 6.07 Å². The molecule has 0 radical (unpaired) electrons. The summed E-state index contributed by atoms with van der Waals surface area (Å²) in [6.07, 6.45) is 1.26. The zero-order valence-electron chi connectivity index (χ0n) is 12.1. The second kappa shape index (κ2) is 6.67. The number of hydrogen-bond donors (Lipinski definition) is 1. The maximum atomic E-state index is 13.0. The third kappa shape index (κ3) is 3.52. The zero-order chi connectivity index (χ0) is 17.1. The first-order chi connectivity index (χ1) is 11.5. The maximum absolute atomic E-state index is 13.0. The normalized spacial score (nSPS) is 10.6. The van der Waals surface area contributed by atoms with E-state index in [1.807, 2.05) is 0 Å². The van der Waals surface area contributed by atoms with Crippen LogP contribution in [-0.4, -0.2) is 23.5 Å². The Hall–Kier alpha value is -2.93. The van der Waals surface area contributed by atoms with Crippen LogP contribution in [0.1, 0.15) is 10.4 Å². The molecule has 0 saturated heterocycles. The van der Waals surface area contributed by atoms with Crippen LogP contribution in [0.25, 0.3) is 11.1 Å². The number of hydrogen-bond acceptors (Lipinski definition) is 5. The molecule has 1 N–H and O–H groups in total. The van der Waals surface area contributed by atoms with E-state index in [9.17, 15) is 14.0 Å². The molecule has 24 heavy (non-hydrogen) atoms. The smallest absolute Gasteiger partial charge is 0.338 e. The van der Waals surface area contributed by atoms with E-state index >= 15 is 0 Å². The summed E-state index contributed by atoms with van der Waals surface area (Å²) in [6, 6.07) is 8.32. The lowest BCUT2D eigenvalue weighted by Gasteiger charge is -2.07. The molecule has 8 heteroatoms. The molecule has 0 atom stereocenters. The second-order valence-corrected chi connectivity index (χ2v) is 5.20. The lowest BCUT2D eigenvalue weighted by Crippen LogP contribution is -2.21. The monoisotopic (exact) mass is 348 g/mol. The van der Waals surface area contributed by atoms with Crippen LogP contribution < -0.4 is 5.32 Å². The number of carbonyl (C=O) groups excluding carboxylic acids is 2. The molecule has 0 aliphatic rings. The van der Waals surface area contributed by atoms with E-state index in [1.54, 1.807) is 6.07 Å². The molecule has 122 valence electrons. The molecule has 1 aromatic heterocycles. The molecule has 0 unspecified atom stereocenters. The van der Waals surface area contributed by atoms with Gasteiger partial charge in [-0.05, 0) is 36.4 Å². The van der Waals surface area contributed by atoms with Gasteiger partial charge in [0.05, 0.1) is 10.6 Å². The Bertz CT molecular complexity index is 925. The van der Waals surface area contributed by atoms with Gasteiger partial charge in [0.1, 0.15) is 11.3 Å². The number of rotatable bonds is 4. The van der Waals surface area contributed by atoms with Gasteiger partial charge < -0.3 is 14.5 Å². The summed E-state index contributed by atoms with van der Waals surface area (Å²) < 4.78 is 23.0. The molecular formula is C16H10ClFN2O4. The molecule has 1 amide bonds. The van der Waals surface area contributed by atoms with Gasteiger partial charge in [0, 0.05) is 5.69 Å². The Morgan fingerprint density at radius 1 is 1.25 bits per heavy atom. The highest BCUT2D eigenvalue weighted by Crippen LogP contribution is 2.19. The van der Waals surface area contributed by atoms with Gasteiger partial charge >= 0.3 is 5.97 Å². The minimum absolute atomic E-state index is 0.120. The van der Waals surface area contributed by atoms with Gasteiger partial charge in [-0.2, -0.15) is 0 Å². The molecule has 0 saturated carbocycles. The minimum Gasteiger partial charge on any atom is -0.452 e. The zero-order valence-corrected chi connectivity index (χ0v) is 12.8. The third-order valence-corrected chi connectivity index (χ3v) is 3.39. The number of halogens is 2. The summed E-state index contributed by atoms with van der Waals surface area (Å²) in [5.41, 5.74) is 1.59. The summed E-state index contributed by atoms with van der Waals surface area (Å²) in [7, 11) is 0. The summed E-state index contributed by atoms with van der Waals surface area (Å²) in [5.74, 6) is -1.84. The first kappa shape index (κ1) is 15.9. The molecule has 0 aliphatic heterocycles. The van der Waals surface area contributed by atoms with Crippen molar-refractivity contribution >= 4 is 40.3 Å². The first-order valence-electron chi connectivity index (χ1n) is 6.78. The first-order valence-corrected chi connectivity index (χ1v) is 7.16. The molecular weight excluding hydrogens is 339 g/mol. The standard InChI is InChI=1S/C16H10ClFN2O4/c17-11-6-10(2-3-12(11)18)20-15(21)7-23-16(22)9-1-4-14-13(5-9)19-8-24-14/h1-6,8H,7H2,(H,20,21). The Balaban J connectivity index is 1.58. The minimum atomic E-state index is -0.674. The van der Waals surface area contributed by atoms with Crippen LogP contribution in [0, 0.1) is 5.82 Å². The van der Waals surface area contributed by atoms with E-state index in [4.69, 9.17) is 20.8 Å². The number of anilines is 1. The van der Waals surface area contributed by atoms with Crippen molar-refractivity contribution in [2.24, 2.45) is 0 Å². The van der Waals surface area contributed by atoms with Crippen LogP contribution in [0.2, 0.25) is 5.02 Å². The number of benzene rings is 2. The summed E-state index contributed by atoms with van der Waals surface area (Å²) >= 11 is 5.62. The highest BCUT2D eigenvalue weighted by Gasteiger charge is 2.12. The Morgan fingerprint density at radius 2 is 2.08 bits per heavy atom. The van der Waals surface area contributed by atoms with Crippen LogP contribution >= 0.6 is 11.6 Å². The number of aromatic nitrogens is 1. The van der Waals surface area contributed by atoms with Gasteiger partial charge in [0.25, 0.3) is 5.91 Å². The summed E-state index contributed by atoms with van der Waals surface area (Å²) in [6.45, 7) is -0.495. The number of ether oxygens (including phenoxy) is 1. The SMILES string of the molecule is O=C(COC(=O)c1ccc2ocnc2c1)Nc1ccc(F)c(Cl)c1. The summed E-state index contributed by atoms with van der Waals surface area (Å²) in [4.78, 5) is 27.6. The third-order valence-electron chi connectivity index (χ3n) is 3.10. The molecule has 0 spiro atoms. The molecule has 0 fully saturated rings. The van der Waals surface area contributed by atoms with Crippen molar-refractivity contribution in [3.8, 4) is 0 Å². The quantitative estimate of drug-likeness (QED) is 0.731. The van der Waals surface area contributed by atoms with Gasteiger partial charge in [0.2, 0.25) is 0 Å². The van der Waals surface area contributed by atoms with Crippen LogP contribution in [0.3, 0.4) is 0 Å². The number of amides is 1. The van der Waals surface area contributed by atoms with Crippen molar-refractivity contribution in [2.75, 3.05) is 11.9 Å². The molecule has 3 rings (SSSR count). The average Bonchev–Trinajstić information content (AvgIpc) is 3.03. The topological polar surface area (TPSA) is 81.4 Å². The highest BCUT2D eigenvalue weighted by molar-refractivity contribution is 6.31. The molecule has 3 aromatic rings. The number of nitrogens with zero attached hydrogens (tertiary/aromatic N) is 1. The van der Waals surface area contributed by atoms with E-state index in [-0.39, 0.29) is 10.6 Å². The predicted molar refractivity (Wildman–Crippen MR) is 84.3 cm³/mol. The van der Waals surface area contributed by atoms with E-state index in [2.05, 4.69) is 10.3 Å². The van der Waals surface area contributed by atoms with Gasteiger partial charge in [-0.1, -0.05) is 11.6 Å². The van der Waals surface area contributed by atoms with Crippen LogP contribution in [0.4, 0.5) is 10.1 Å². The second-order valence-electron chi connectivity index (χ2n) is 4.79. The number of fused-ring (bicyclic) bond motifs is 1. The van der Waals surface area contributed by atoms with Gasteiger partial charge in [0.15, 0.2) is 18.6 Å². The van der Waals surface area contributed by atoms with Gasteiger partial charge in [-0.25, -0.2) is 14.2 Å². The van der Waals surface area contributed by atoms with E-state index in [1.165, 1.54) is 30.7 Å². The fraction of sp³-hybridized carbons (Fsp3) is 0.0625. The van der Waals surface area contributed by atoms with Crippen molar-refractivity contribution in [3.63, 3.8) is 0 Å². The maximum Gasteiger partial charge on any atom is 0.338 e. The largest absolute Gasteiger partial charge is 0.452 e. The predicted octanol–water partition coefficient (Wildman–Crippen LogP) is 3.42. The van der Waals surface area contributed by atoms with Crippen molar-refractivity contribution < 1.29 is 23.1 Å². The fourth-order valence-electron chi connectivity index (χ4n) is 1.97. The number of esters is 1. The average molecular weight is 349 g/mol. The van der Waals surface area contributed by atoms with E-state index < -0.39 is 24.3 Å². The molecule has 0 aliphatic carbocycles. The highest BCUT2D eigenvalue weighted by atomic mass is 35.5. The Labute approximate surface area is 140 Å². The molecule has 2 aromatic carbocycles. The van der Waals surface area contributed by atoms with Crippen LogP contribution in [0.5, 0.6) is 0 Å². The number of oxazole rings is 1. The van der Waals surface area contributed by atoms with E-state index in [0.29, 0.717) is 16.8 Å². The lowest BCUT2D eigenvalue weighted by molar-refractivity contribution is -0.119.